The number of ether oxygens (including phenoxy) is 2. The molecule has 0 aliphatic heterocycles. The Bertz CT molecular complexity index is 1410. The molecular weight excluding hydrogens is 445 g/mol. The van der Waals surface area contributed by atoms with Gasteiger partial charge in [-0.1, -0.05) is 23.2 Å². The molecule has 9 nitrogen and oxygen atoms in total. The molecule has 0 radical (unpaired) electrons. The molecule has 0 saturated carbocycles. The van der Waals surface area contributed by atoms with E-state index in [1.165, 1.54) is 23.9 Å². The van der Waals surface area contributed by atoms with Crippen LogP contribution in [0, 0.1) is 0 Å². The number of imidazole rings is 1. The van der Waals surface area contributed by atoms with E-state index in [2.05, 4.69) is 9.97 Å². The maximum absolute atomic E-state index is 12.6. The van der Waals surface area contributed by atoms with E-state index in [4.69, 9.17) is 32.7 Å². The zero-order valence-corrected chi connectivity index (χ0v) is 18.3. The molecule has 160 valence electrons. The monoisotopic (exact) mass is 461 g/mol. The molecule has 0 amide bonds. The molecule has 4 rings (SSSR count). The van der Waals surface area contributed by atoms with Crippen molar-refractivity contribution in [2.45, 2.75) is 13.5 Å². The standard InChI is InChI=1S/C20H17Cl2N5O4/c1-4-27-15-16(25(2)20(29)26(3)18(15)28)24-19(27)31-13-7-5-12(6-8-13)30-17-14(22)9-11(21)10-23-17/h5-10H,4H2,1-3H3. The second-order valence-corrected chi connectivity index (χ2v) is 7.48. The summed E-state index contributed by atoms with van der Waals surface area (Å²) in [6.07, 6.45) is 1.44. The van der Waals surface area contributed by atoms with Crippen molar-refractivity contribution < 1.29 is 9.47 Å². The number of benzene rings is 1. The van der Waals surface area contributed by atoms with Crippen LogP contribution < -0.4 is 20.7 Å². The summed E-state index contributed by atoms with van der Waals surface area (Å²) >= 11 is 11.9. The Morgan fingerprint density at radius 3 is 2.26 bits per heavy atom. The van der Waals surface area contributed by atoms with Crippen LogP contribution in [0.3, 0.4) is 0 Å². The van der Waals surface area contributed by atoms with E-state index in [0.29, 0.717) is 28.6 Å². The summed E-state index contributed by atoms with van der Waals surface area (Å²) in [5, 5.41) is 0.698. The van der Waals surface area contributed by atoms with E-state index in [1.807, 2.05) is 6.92 Å². The number of hydrogen-bond donors (Lipinski definition) is 0. The molecule has 4 aromatic rings. The largest absolute Gasteiger partial charge is 0.438 e. The minimum Gasteiger partial charge on any atom is -0.438 e. The van der Waals surface area contributed by atoms with Crippen molar-refractivity contribution in [3.05, 3.63) is 67.4 Å². The Morgan fingerprint density at radius 1 is 1.00 bits per heavy atom. The average Bonchev–Trinajstić information content (AvgIpc) is 3.12. The predicted octanol–water partition coefficient (Wildman–Crippen LogP) is 3.74. The van der Waals surface area contributed by atoms with Crippen molar-refractivity contribution in [3.8, 4) is 23.4 Å². The van der Waals surface area contributed by atoms with Crippen LogP contribution in [0.5, 0.6) is 23.4 Å². The van der Waals surface area contributed by atoms with Gasteiger partial charge in [-0.15, -0.1) is 0 Å². The fraction of sp³-hybridized carbons (Fsp3) is 0.200. The van der Waals surface area contributed by atoms with Gasteiger partial charge in [-0.2, -0.15) is 4.98 Å². The smallest absolute Gasteiger partial charge is 0.332 e. The van der Waals surface area contributed by atoms with E-state index in [1.54, 1.807) is 35.9 Å². The molecule has 0 unspecified atom stereocenters. The quantitative estimate of drug-likeness (QED) is 0.449. The number of aromatic nitrogens is 5. The molecule has 3 aromatic heterocycles. The molecule has 0 fully saturated rings. The third kappa shape index (κ3) is 3.77. The highest BCUT2D eigenvalue weighted by Gasteiger charge is 2.19. The number of hydrogen-bond acceptors (Lipinski definition) is 6. The lowest BCUT2D eigenvalue weighted by Gasteiger charge is -2.09. The van der Waals surface area contributed by atoms with Gasteiger partial charge in [0, 0.05) is 26.8 Å². The molecule has 0 spiro atoms. The Kier molecular flexibility index (Phi) is 5.47. The fourth-order valence-electron chi connectivity index (χ4n) is 3.07. The van der Waals surface area contributed by atoms with Crippen LogP contribution >= 0.6 is 23.2 Å². The van der Waals surface area contributed by atoms with Crippen molar-refractivity contribution in [1.29, 1.82) is 0 Å². The van der Waals surface area contributed by atoms with Gasteiger partial charge in [0.15, 0.2) is 11.2 Å². The third-order valence-corrected chi connectivity index (χ3v) is 5.13. The van der Waals surface area contributed by atoms with Gasteiger partial charge in [0.1, 0.15) is 16.5 Å². The van der Waals surface area contributed by atoms with Crippen molar-refractivity contribution in [2.24, 2.45) is 14.1 Å². The van der Waals surface area contributed by atoms with Gasteiger partial charge in [-0.3, -0.25) is 18.5 Å². The van der Waals surface area contributed by atoms with Crippen LogP contribution in [0.4, 0.5) is 0 Å². The number of pyridine rings is 1. The average molecular weight is 462 g/mol. The molecule has 3 heterocycles. The maximum Gasteiger partial charge on any atom is 0.332 e. The lowest BCUT2D eigenvalue weighted by molar-refractivity contribution is 0.416. The predicted molar refractivity (Wildman–Crippen MR) is 117 cm³/mol. The maximum atomic E-state index is 12.6. The zero-order valence-electron chi connectivity index (χ0n) is 16.8. The Balaban J connectivity index is 1.65. The second-order valence-electron chi connectivity index (χ2n) is 6.63. The van der Waals surface area contributed by atoms with Gasteiger partial charge in [0.2, 0.25) is 5.88 Å². The molecule has 0 bridgehead atoms. The molecule has 0 aliphatic rings. The van der Waals surface area contributed by atoms with E-state index in [9.17, 15) is 9.59 Å². The highest BCUT2D eigenvalue weighted by molar-refractivity contribution is 6.35. The van der Waals surface area contributed by atoms with Gasteiger partial charge in [0.25, 0.3) is 5.56 Å². The summed E-state index contributed by atoms with van der Waals surface area (Å²) in [7, 11) is 2.99. The van der Waals surface area contributed by atoms with Crippen molar-refractivity contribution >= 4 is 34.4 Å². The highest BCUT2D eigenvalue weighted by Crippen LogP contribution is 2.31. The number of halogens is 2. The van der Waals surface area contributed by atoms with Crippen LogP contribution in [0.2, 0.25) is 10.0 Å². The van der Waals surface area contributed by atoms with Crippen molar-refractivity contribution in [3.63, 3.8) is 0 Å². The van der Waals surface area contributed by atoms with Crippen molar-refractivity contribution in [1.82, 2.24) is 23.7 Å². The molecular formula is C20H17Cl2N5O4. The molecule has 1 aromatic carbocycles. The second kappa shape index (κ2) is 8.09. The van der Waals surface area contributed by atoms with Crippen LogP contribution in [-0.2, 0) is 20.6 Å². The molecule has 0 aliphatic carbocycles. The van der Waals surface area contributed by atoms with Gasteiger partial charge in [0.05, 0.1) is 5.02 Å². The Morgan fingerprint density at radius 2 is 1.65 bits per heavy atom. The first-order valence-corrected chi connectivity index (χ1v) is 9.98. The number of rotatable bonds is 5. The summed E-state index contributed by atoms with van der Waals surface area (Å²) in [6, 6.07) is 8.44. The lowest BCUT2D eigenvalue weighted by atomic mass is 10.3. The Labute approximate surface area is 186 Å². The SMILES string of the molecule is CCn1c(Oc2ccc(Oc3ncc(Cl)cc3Cl)cc2)nc2c1c(=O)n(C)c(=O)n2C. The zero-order chi connectivity index (χ0) is 22.3. The summed E-state index contributed by atoms with van der Waals surface area (Å²) in [5.74, 6) is 1.18. The van der Waals surface area contributed by atoms with Crippen LogP contribution in [0.25, 0.3) is 11.2 Å². The van der Waals surface area contributed by atoms with Crippen LogP contribution in [-0.4, -0.2) is 23.7 Å². The van der Waals surface area contributed by atoms with E-state index in [-0.39, 0.29) is 22.6 Å². The van der Waals surface area contributed by atoms with Crippen LogP contribution in [0.15, 0.2) is 46.1 Å². The van der Waals surface area contributed by atoms with Gasteiger partial charge in [-0.25, -0.2) is 9.78 Å². The summed E-state index contributed by atoms with van der Waals surface area (Å²) in [6.45, 7) is 2.29. The van der Waals surface area contributed by atoms with Gasteiger partial charge < -0.3 is 9.47 Å². The first kappa shape index (κ1) is 21.0. The first-order chi connectivity index (χ1) is 14.8. The van der Waals surface area contributed by atoms with Gasteiger partial charge >= 0.3 is 11.7 Å². The summed E-state index contributed by atoms with van der Waals surface area (Å²) in [4.78, 5) is 33.2. The summed E-state index contributed by atoms with van der Waals surface area (Å²) < 4.78 is 15.5. The Hall–Kier alpha value is -3.30. The molecule has 0 atom stereocenters. The number of aryl methyl sites for hydroxylation is 2. The normalized spacial score (nSPS) is 11.1. The lowest BCUT2D eigenvalue weighted by Crippen LogP contribution is -2.37. The third-order valence-electron chi connectivity index (χ3n) is 4.65. The van der Waals surface area contributed by atoms with E-state index >= 15 is 0 Å². The first-order valence-electron chi connectivity index (χ1n) is 9.23. The molecule has 0 N–H and O–H groups in total. The van der Waals surface area contributed by atoms with Gasteiger partial charge in [-0.05, 0) is 37.3 Å². The molecule has 11 heteroatoms. The van der Waals surface area contributed by atoms with E-state index in [0.717, 1.165) is 4.57 Å². The number of fused-ring (bicyclic) bond motifs is 1. The van der Waals surface area contributed by atoms with Crippen LogP contribution in [0.1, 0.15) is 6.92 Å². The van der Waals surface area contributed by atoms with E-state index < -0.39 is 11.2 Å². The number of nitrogens with zero attached hydrogens (tertiary/aromatic N) is 5. The minimum atomic E-state index is -0.458. The molecule has 31 heavy (non-hydrogen) atoms. The molecule has 0 saturated heterocycles. The summed E-state index contributed by atoms with van der Waals surface area (Å²) in [5.41, 5.74) is -0.335. The highest BCUT2D eigenvalue weighted by atomic mass is 35.5. The minimum absolute atomic E-state index is 0.201. The topological polar surface area (TPSA) is 93.2 Å². The van der Waals surface area contributed by atoms with Crippen molar-refractivity contribution in [2.75, 3.05) is 0 Å². The fourth-order valence-corrected chi connectivity index (χ4v) is 3.49.